The maximum absolute atomic E-state index is 12.7. The summed E-state index contributed by atoms with van der Waals surface area (Å²) in [6.07, 6.45) is 16.6. The lowest BCUT2D eigenvalue weighted by Gasteiger charge is -2.41. The molecule has 2 atom stereocenters. The molecule has 2 aromatic carbocycles. The molecule has 298 valence electrons. The molecule has 0 radical (unpaired) electrons. The highest BCUT2D eigenvalue weighted by molar-refractivity contribution is 7.86. The molecule has 2 unspecified atom stereocenters. The van der Waals surface area contributed by atoms with Crippen LogP contribution in [0, 0.1) is 0 Å². The van der Waals surface area contributed by atoms with Crippen LogP contribution in [0.25, 0.3) is 0 Å². The monoisotopic (exact) mass is 816 g/mol. The molecule has 4 aliphatic heterocycles. The van der Waals surface area contributed by atoms with E-state index in [0.29, 0.717) is 69.2 Å². The second-order valence-electron chi connectivity index (χ2n) is 15.3. The molecule has 2 aromatic rings. The molecule has 4 N–H and O–H groups in total. The van der Waals surface area contributed by atoms with E-state index < -0.39 is 52.9 Å². The number of carbonyl (C=O) groups is 1. The second-order valence-corrected chi connectivity index (χ2v) is 19.6. The van der Waals surface area contributed by atoms with Crippen LogP contribution in [-0.4, -0.2) is 68.8 Å². The van der Waals surface area contributed by atoms with Crippen molar-refractivity contribution in [1.82, 2.24) is 0 Å². The molecule has 55 heavy (non-hydrogen) atoms. The van der Waals surface area contributed by atoms with Crippen LogP contribution in [0.4, 0.5) is 11.4 Å². The second kappa shape index (κ2) is 15.3. The lowest BCUT2D eigenvalue weighted by Crippen LogP contribution is -2.34. The summed E-state index contributed by atoms with van der Waals surface area (Å²) in [5.41, 5.74) is 4.28. The normalized spacial score (nSPS) is 22.9. The molecule has 0 fully saturated rings. The Morgan fingerprint density at radius 1 is 0.745 bits per heavy atom. The highest BCUT2D eigenvalue weighted by atomic mass is 32.2. The average molecular weight is 817 g/mol. The molecule has 6 rings (SSSR count). The standard InChI is InChI=1S/C39H48N2O11S3/c1-38(21-9-10-25-53(44,45)46)29(26-40-24-20-28-17-19-30(54(47,48)49)34(38)36(28)40)13-5-3-6-14-32-39(2,22-8-4-7-15-33(42)43)35-31(55(50,51)52)18-16-27-12-11-23-41(32)37(27)35/h3,5-6,13-14,16-19,26H,4,7-12,15,20-25H2,1-2H3,(H,42,43)(H,44,45,46)(H,47,48,49)(H,50,51,52). The summed E-state index contributed by atoms with van der Waals surface area (Å²) in [6.45, 7) is 5.10. The van der Waals surface area contributed by atoms with E-state index in [-0.39, 0.29) is 22.6 Å². The summed E-state index contributed by atoms with van der Waals surface area (Å²) >= 11 is 0. The van der Waals surface area contributed by atoms with Crippen molar-refractivity contribution in [3.05, 3.63) is 94.4 Å². The first kappa shape index (κ1) is 40.9. The summed E-state index contributed by atoms with van der Waals surface area (Å²) < 4.78 is 104. The van der Waals surface area contributed by atoms with Crippen molar-refractivity contribution in [2.24, 2.45) is 0 Å². The number of rotatable bonds is 16. The number of carboxylic acid groups (broad SMARTS) is 1. The molecule has 4 aliphatic rings. The largest absolute Gasteiger partial charge is 0.481 e. The van der Waals surface area contributed by atoms with Gasteiger partial charge < -0.3 is 14.9 Å². The lowest BCUT2D eigenvalue weighted by molar-refractivity contribution is -0.137. The average Bonchev–Trinajstić information content (AvgIpc) is 3.61. The minimum Gasteiger partial charge on any atom is -0.481 e. The Labute approximate surface area is 323 Å². The Balaban J connectivity index is 1.36. The fraction of sp³-hybridized carbons (Fsp3) is 0.462. The van der Waals surface area contributed by atoms with Crippen LogP contribution in [0.2, 0.25) is 0 Å². The first-order valence-electron chi connectivity index (χ1n) is 18.5. The number of hydrogen-bond acceptors (Lipinski definition) is 9. The Morgan fingerprint density at radius 3 is 2.00 bits per heavy atom. The number of aryl methyl sites for hydroxylation is 1. The summed E-state index contributed by atoms with van der Waals surface area (Å²) in [4.78, 5) is 14.9. The number of aliphatic carboxylic acids is 1. The van der Waals surface area contributed by atoms with Crippen LogP contribution in [0.15, 0.2) is 81.9 Å². The minimum absolute atomic E-state index is 0.0410. The molecule has 16 heteroatoms. The zero-order valence-electron chi connectivity index (χ0n) is 30.9. The number of unbranched alkanes of at least 4 members (excludes halogenated alkanes) is 3. The van der Waals surface area contributed by atoms with Crippen LogP contribution in [0.5, 0.6) is 0 Å². The van der Waals surface area contributed by atoms with E-state index in [0.717, 1.165) is 46.6 Å². The third-order valence-electron chi connectivity index (χ3n) is 11.5. The highest BCUT2D eigenvalue weighted by Crippen LogP contribution is 2.56. The van der Waals surface area contributed by atoms with Gasteiger partial charge in [0.05, 0.1) is 5.75 Å². The zero-order chi connectivity index (χ0) is 40.0. The molecule has 0 saturated carbocycles. The number of hydrogen-bond donors (Lipinski definition) is 4. The molecule has 0 spiro atoms. The van der Waals surface area contributed by atoms with Crippen molar-refractivity contribution in [3.8, 4) is 0 Å². The van der Waals surface area contributed by atoms with E-state index in [2.05, 4.69) is 4.90 Å². The molecule has 4 heterocycles. The summed E-state index contributed by atoms with van der Waals surface area (Å²) in [6, 6.07) is 6.37. The van der Waals surface area contributed by atoms with Crippen LogP contribution in [0.3, 0.4) is 0 Å². The predicted molar refractivity (Wildman–Crippen MR) is 209 cm³/mol. The Kier molecular flexibility index (Phi) is 11.3. The van der Waals surface area contributed by atoms with Crippen LogP contribution in [-0.2, 0) is 58.8 Å². The van der Waals surface area contributed by atoms with Gasteiger partial charge in [0.25, 0.3) is 30.4 Å². The van der Waals surface area contributed by atoms with Crippen LogP contribution < -0.4 is 9.80 Å². The quantitative estimate of drug-likeness (QED) is 0.0811. The van der Waals surface area contributed by atoms with E-state index in [1.54, 1.807) is 12.1 Å². The molecule has 0 bridgehead atoms. The fourth-order valence-electron chi connectivity index (χ4n) is 9.00. The topological polar surface area (TPSA) is 207 Å². The molecule has 0 aliphatic carbocycles. The van der Waals surface area contributed by atoms with Gasteiger partial charge in [0.1, 0.15) is 9.79 Å². The van der Waals surface area contributed by atoms with Gasteiger partial charge in [0, 0.05) is 64.7 Å². The van der Waals surface area contributed by atoms with E-state index in [9.17, 15) is 43.7 Å². The third kappa shape index (κ3) is 8.21. The smallest absolute Gasteiger partial charge is 0.303 e. The summed E-state index contributed by atoms with van der Waals surface area (Å²) in [7, 11) is -13.4. The molecule has 0 saturated heterocycles. The number of allylic oxidation sites excluding steroid dienone is 7. The van der Waals surface area contributed by atoms with E-state index in [1.165, 1.54) is 12.1 Å². The van der Waals surface area contributed by atoms with Gasteiger partial charge in [-0.15, -0.1) is 0 Å². The van der Waals surface area contributed by atoms with Gasteiger partial charge >= 0.3 is 5.97 Å². The Hall–Kier alpha value is -3.80. The zero-order valence-corrected chi connectivity index (χ0v) is 33.4. The number of nitrogens with zero attached hydrogens (tertiary/aromatic N) is 2. The number of carboxylic acids is 1. The van der Waals surface area contributed by atoms with Crippen LogP contribution >= 0.6 is 0 Å². The summed E-state index contributed by atoms with van der Waals surface area (Å²) in [5.74, 6) is -1.31. The van der Waals surface area contributed by atoms with Crippen molar-refractivity contribution in [2.75, 3.05) is 28.6 Å². The van der Waals surface area contributed by atoms with E-state index in [4.69, 9.17) is 5.11 Å². The Bertz CT molecular complexity index is 2350. The van der Waals surface area contributed by atoms with Gasteiger partial charge in [-0.1, -0.05) is 62.6 Å². The van der Waals surface area contributed by atoms with Crippen molar-refractivity contribution >= 4 is 47.7 Å². The first-order valence-corrected chi connectivity index (χ1v) is 23.0. The van der Waals surface area contributed by atoms with Gasteiger partial charge in [-0.05, 0) is 86.8 Å². The maximum atomic E-state index is 12.7. The lowest BCUT2D eigenvalue weighted by atomic mass is 9.69. The molecule has 0 aromatic heterocycles. The fourth-order valence-corrected chi connectivity index (χ4v) is 11.2. The van der Waals surface area contributed by atoms with Gasteiger partial charge in [-0.2, -0.15) is 25.3 Å². The maximum Gasteiger partial charge on any atom is 0.303 e. The third-order valence-corrected chi connectivity index (χ3v) is 14.1. The van der Waals surface area contributed by atoms with Gasteiger partial charge in [0.2, 0.25) is 0 Å². The van der Waals surface area contributed by atoms with Crippen molar-refractivity contribution in [3.63, 3.8) is 0 Å². The highest BCUT2D eigenvalue weighted by Gasteiger charge is 2.48. The SMILES string of the molecule is CC1(CCCCS(=O)(=O)O)C(C=CC=CC=C2N3CCCc4ccc(S(=O)(=O)O)c(c43)C2(C)CCCCCC(=O)O)=CN2CCc3ccc(S(=O)(=O)O)c1c32. The summed E-state index contributed by atoms with van der Waals surface area (Å²) in [5, 5.41) is 9.13. The van der Waals surface area contributed by atoms with Gasteiger partial charge in [0.15, 0.2) is 0 Å². The molecule has 13 nitrogen and oxygen atoms in total. The van der Waals surface area contributed by atoms with Crippen molar-refractivity contribution < 1.29 is 48.8 Å². The van der Waals surface area contributed by atoms with Gasteiger partial charge in [-0.3, -0.25) is 18.5 Å². The number of benzene rings is 2. The Morgan fingerprint density at radius 2 is 1.36 bits per heavy atom. The first-order chi connectivity index (χ1) is 25.8. The van der Waals surface area contributed by atoms with Gasteiger partial charge in [-0.25, -0.2) is 0 Å². The van der Waals surface area contributed by atoms with Crippen molar-refractivity contribution in [1.29, 1.82) is 0 Å². The number of anilines is 2. The van der Waals surface area contributed by atoms with Crippen LogP contribution in [0.1, 0.15) is 93.9 Å². The van der Waals surface area contributed by atoms with E-state index in [1.807, 2.05) is 55.3 Å². The van der Waals surface area contributed by atoms with E-state index >= 15 is 0 Å². The minimum atomic E-state index is -4.63. The molecular weight excluding hydrogens is 769 g/mol. The van der Waals surface area contributed by atoms with Crippen molar-refractivity contribution in [2.45, 2.75) is 105 Å². The molecular formula is C39H48N2O11S3. The molecule has 0 amide bonds. The predicted octanol–water partition coefficient (Wildman–Crippen LogP) is 6.51.